The van der Waals surface area contributed by atoms with Gasteiger partial charge in [-0.3, -0.25) is 9.36 Å². The summed E-state index contributed by atoms with van der Waals surface area (Å²) in [6.45, 7) is 0.703. The van der Waals surface area contributed by atoms with Crippen molar-refractivity contribution in [3.05, 3.63) is 39.4 Å². The van der Waals surface area contributed by atoms with E-state index < -0.39 is 0 Å². The Balaban J connectivity index is 2.76. The fourth-order valence-electron chi connectivity index (χ4n) is 2.11. The Kier molecular flexibility index (Phi) is 4.29. The molecule has 0 aliphatic heterocycles. The van der Waals surface area contributed by atoms with Crippen molar-refractivity contribution >= 4 is 23.1 Å². The molecule has 100 valence electrons. The van der Waals surface area contributed by atoms with Crippen LogP contribution in [0.1, 0.15) is 12.8 Å². The van der Waals surface area contributed by atoms with Gasteiger partial charge in [-0.25, -0.2) is 0 Å². The SMILES string of the molecule is N#CCCn1c(=O)c2ccccc2n(CCC#N)c1=S. The molecule has 0 saturated heterocycles. The lowest BCUT2D eigenvalue weighted by atomic mass is 10.2. The number of hydrogen-bond donors (Lipinski definition) is 0. The number of aryl methyl sites for hydroxylation is 1. The average Bonchev–Trinajstić information content (AvgIpc) is 2.47. The Labute approximate surface area is 120 Å². The third-order valence-electron chi connectivity index (χ3n) is 3.03. The van der Waals surface area contributed by atoms with Crippen LogP contribution in [0.4, 0.5) is 0 Å². The normalized spacial score (nSPS) is 10.1. The van der Waals surface area contributed by atoms with Gasteiger partial charge in [0.15, 0.2) is 4.77 Å². The van der Waals surface area contributed by atoms with E-state index in [2.05, 4.69) is 6.07 Å². The topological polar surface area (TPSA) is 74.5 Å². The molecule has 5 nitrogen and oxygen atoms in total. The molecule has 6 heteroatoms. The highest BCUT2D eigenvalue weighted by molar-refractivity contribution is 7.71. The third-order valence-corrected chi connectivity index (χ3v) is 3.47. The van der Waals surface area contributed by atoms with Crippen molar-refractivity contribution in [3.63, 3.8) is 0 Å². The highest BCUT2D eigenvalue weighted by Crippen LogP contribution is 2.12. The van der Waals surface area contributed by atoms with E-state index >= 15 is 0 Å². The Morgan fingerprint density at radius 1 is 1.05 bits per heavy atom. The van der Waals surface area contributed by atoms with E-state index in [9.17, 15) is 4.79 Å². The summed E-state index contributed by atoms with van der Waals surface area (Å²) in [6.07, 6.45) is 0.537. The number of rotatable bonds is 4. The van der Waals surface area contributed by atoms with Crippen LogP contribution in [0.2, 0.25) is 0 Å². The molecule has 1 heterocycles. The van der Waals surface area contributed by atoms with Crippen LogP contribution in [0, 0.1) is 27.4 Å². The highest BCUT2D eigenvalue weighted by Gasteiger charge is 2.09. The Morgan fingerprint density at radius 2 is 1.65 bits per heavy atom. The van der Waals surface area contributed by atoms with Crippen LogP contribution in [-0.4, -0.2) is 9.13 Å². The van der Waals surface area contributed by atoms with Gasteiger partial charge < -0.3 is 4.57 Å². The van der Waals surface area contributed by atoms with Gasteiger partial charge >= 0.3 is 0 Å². The lowest BCUT2D eigenvalue weighted by Gasteiger charge is -2.14. The number of nitriles is 2. The van der Waals surface area contributed by atoms with Crippen LogP contribution in [-0.2, 0) is 13.1 Å². The van der Waals surface area contributed by atoms with Gasteiger partial charge in [0.2, 0.25) is 0 Å². The van der Waals surface area contributed by atoms with Crippen molar-refractivity contribution in [2.75, 3.05) is 0 Å². The summed E-state index contributed by atoms with van der Waals surface area (Å²) in [7, 11) is 0. The monoisotopic (exact) mass is 284 g/mol. The zero-order valence-corrected chi connectivity index (χ0v) is 11.6. The number of para-hydroxylation sites is 1. The number of aromatic nitrogens is 2. The van der Waals surface area contributed by atoms with Crippen molar-refractivity contribution in [1.29, 1.82) is 10.5 Å². The van der Waals surface area contributed by atoms with E-state index in [4.69, 9.17) is 22.7 Å². The van der Waals surface area contributed by atoms with E-state index in [1.807, 2.05) is 18.2 Å². The predicted molar refractivity (Wildman–Crippen MR) is 77.5 cm³/mol. The molecule has 2 aromatic rings. The van der Waals surface area contributed by atoms with Crippen molar-refractivity contribution in [2.45, 2.75) is 25.9 Å². The van der Waals surface area contributed by atoms with Crippen LogP contribution >= 0.6 is 12.2 Å². The lowest BCUT2D eigenvalue weighted by Crippen LogP contribution is -2.25. The van der Waals surface area contributed by atoms with Crippen LogP contribution in [0.3, 0.4) is 0 Å². The average molecular weight is 284 g/mol. The van der Waals surface area contributed by atoms with Crippen LogP contribution in [0.5, 0.6) is 0 Å². The van der Waals surface area contributed by atoms with Gasteiger partial charge in [0.05, 0.1) is 35.9 Å². The van der Waals surface area contributed by atoms with Gasteiger partial charge in [-0.15, -0.1) is 0 Å². The summed E-state index contributed by atoms with van der Waals surface area (Å²) in [5, 5.41) is 18.0. The van der Waals surface area contributed by atoms with Gasteiger partial charge in [0.25, 0.3) is 5.56 Å². The molecule has 2 rings (SSSR count). The molecule has 1 aromatic heterocycles. The smallest absolute Gasteiger partial charge is 0.262 e. The zero-order valence-electron chi connectivity index (χ0n) is 10.7. The fourth-order valence-corrected chi connectivity index (χ4v) is 2.47. The molecule has 0 bridgehead atoms. The zero-order chi connectivity index (χ0) is 14.5. The summed E-state index contributed by atoms with van der Waals surface area (Å²) >= 11 is 5.34. The van der Waals surface area contributed by atoms with Gasteiger partial charge in [0.1, 0.15) is 0 Å². The summed E-state index contributed by atoms with van der Waals surface area (Å²) in [5.41, 5.74) is 0.542. The molecular weight excluding hydrogens is 272 g/mol. The fraction of sp³-hybridized carbons (Fsp3) is 0.286. The molecular formula is C14H12N4OS. The number of hydrogen-bond acceptors (Lipinski definition) is 4. The minimum absolute atomic E-state index is 0.186. The molecule has 0 aliphatic rings. The molecule has 0 N–H and O–H groups in total. The summed E-state index contributed by atoms with van der Waals surface area (Å²) < 4.78 is 3.57. The van der Waals surface area contributed by atoms with Crippen LogP contribution in [0.15, 0.2) is 29.1 Å². The molecule has 0 aliphatic carbocycles. The first kappa shape index (κ1) is 14.0. The second-order valence-corrected chi connectivity index (χ2v) is 4.59. The first-order valence-electron chi connectivity index (χ1n) is 6.17. The van der Waals surface area contributed by atoms with E-state index in [0.717, 1.165) is 5.52 Å². The van der Waals surface area contributed by atoms with Gasteiger partial charge in [-0.05, 0) is 24.4 Å². The molecule has 0 spiro atoms. The summed E-state index contributed by atoms with van der Waals surface area (Å²) in [5.74, 6) is 0. The van der Waals surface area contributed by atoms with Crippen LogP contribution in [0.25, 0.3) is 10.9 Å². The van der Waals surface area contributed by atoms with Gasteiger partial charge in [-0.1, -0.05) is 12.1 Å². The molecule has 0 saturated carbocycles. The molecule has 1 aromatic carbocycles. The van der Waals surface area contributed by atoms with Crippen LogP contribution < -0.4 is 5.56 Å². The predicted octanol–water partition coefficient (Wildman–Crippen LogP) is 2.36. The summed E-state index contributed by atoms with van der Waals surface area (Å²) in [6, 6.07) is 11.3. The number of fused-ring (bicyclic) bond motifs is 1. The Hall–Kier alpha value is -2.44. The lowest BCUT2D eigenvalue weighted by molar-refractivity contribution is 0.602. The molecule has 0 amide bonds. The second kappa shape index (κ2) is 6.14. The standard InChI is InChI=1S/C14H12N4OS/c15-7-3-9-17-12-6-2-1-5-11(12)13(19)18(14(17)20)10-4-8-16/h1-2,5-6H,3-4,9-10H2. The van der Waals surface area contributed by atoms with Crippen molar-refractivity contribution in [1.82, 2.24) is 9.13 Å². The molecule has 20 heavy (non-hydrogen) atoms. The van der Waals surface area contributed by atoms with Crippen molar-refractivity contribution in [3.8, 4) is 12.1 Å². The van der Waals surface area contributed by atoms with Gasteiger partial charge in [0, 0.05) is 13.1 Å². The first-order chi connectivity index (χ1) is 9.70. The minimum Gasteiger partial charge on any atom is -0.317 e. The second-order valence-electron chi connectivity index (χ2n) is 4.22. The van der Waals surface area contributed by atoms with E-state index in [1.165, 1.54) is 4.57 Å². The largest absolute Gasteiger partial charge is 0.317 e. The third kappa shape index (κ3) is 2.47. The molecule has 0 unspecified atom stereocenters. The molecule has 0 radical (unpaired) electrons. The Bertz CT molecular complexity index is 835. The number of benzene rings is 1. The quantitative estimate of drug-likeness (QED) is 0.808. The summed E-state index contributed by atoms with van der Waals surface area (Å²) in [4.78, 5) is 12.4. The first-order valence-corrected chi connectivity index (χ1v) is 6.58. The van der Waals surface area contributed by atoms with Gasteiger partial charge in [-0.2, -0.15) is 10.5 Å². The molecule has 0 fully saturated rings. The highest BCUT2D eigenvalue weighted by atomic mass is 32.1. The maximum atomic E-state index is 12.4. The molecule has 0 atom stereocenters. The maximum absolute atomic E-state index is 12.4. The maximum Gasteiger partial charge on any atom is 0.262 e. The van der Waals surface area contributed by atoms with E-state index in [0.29, 0.717) is 23.1 Å². The minimum atomic E-state index is -0.186. The van der Waals surface area contributed by atoms with Crippen molar-refractivity contribution in [2.24, 2.45) is 0 Å². The Morgan fingerprint density at radius 3 is 2.30 bits per heavy atom. The number of nitrogens with zero attached hydrogens (tertiary/aromatic N) is 4. The van der Waals surface area contributed by atoms with Crippen molar-refractivity contribution < 1.29 is 0 Å². The van der Waals surface area contributed by atoms with E-state index in [-0.39, 0.29) is 18.5 Å². The van der Waals surface area contributed by atoms with E-state index in [1.54, 1.807) is 16.7 Å².